The third kappa shape index (κ3) is 17.9. The number of aromatic nitrogens is 3. The summed E-state index contributed by atoms with van der Waals surface area (Å²) in [7, 11) is -4.66. The van der Waals surface area contributed by atoms with Crippen LogP contribution in [-0.2, 0) is 30.9 Å². The Balaban J connectivity index is 0.607. The van der Waals surface area contributed by atoms with Gasteiger partial charge in [0.1, 0.15) is 23.1 Å². The molecule has 24 nitrogen and oxygen atoms in total. The number of hydrogen-bond donors (Lipinski definition) is 6. The summed E-state index contributed by atoms with van der Waals surface area (Å²) in [5.41, 5.74) is 11.0. The van der Waals surface area contributed by atoms with Crippen molar-refractivity contribution in [2.75, 3.05) is 133 Å². The fourth-order valence-electron chi connectivity index (χ4n) is 14.5. The molecular formula is C75H95ClN14O10S2. The molecule has 3 fully saturated rings. The van der Waals surface area contributed by atoms with Gasteiger partial charge in [0.25, 0.3) is 21.6 Å². The smallest absolute Gasteiger partial charge is 0.293 e. The lowest BCUT2D eigenvalue weighted by atomic mass is 9.72. The number of nitrogens with zero attached hydrogens (tertiary/aromatic N) is 9. The highest BCUT2D eigenvalue weighted by Crippen LogP contribution is 2.45. The predicted molar refractivity (Wildman–Crippen MR) is 400 cm³/mol. The first-order valence-electron chi connectivity index (χ1n) is 35.5. The molecule has 7 heterocycles. The van der Waals surface area contributed by atoms with E-state index in [0.29, 0.717) is 88.3 Å². The second-order valence-corrected chi connectivity index (χ2v) is 32.2. The van der Waals surface area contributed by atoms with Crippen molar-refractivity contribution in [3.05, 3.63) is 152 Å². The lowest BCUT2D eigenvalue weighted by Gasteiger charge is -2.39. The van der Waals surface area contributed by atoms with Crippen LogP contribution in [0, 0.1) is 27.9 Å². The summed E-state index contributed by atoms with van der Waals surface area (Å²) in [4.78, 5) is 80.3. The van der Waals surface area contributed by atoms with Gasteiger partial charge in [0.2, 0.25) is 17.7 Å². The number of pyridine rings is 1. The standard InChI is InChI=1S/C75H95ClN14O10S2/c1-50-67(101-49-81-50)53-11-9-51(10-12-53)46-80-71(93)65-43-58(91)48-89(65)73(94)68(74(2,3)4)78-24-7-38-99-40-37-85-31-29-84(30-32-85)28-26-77-62-20-18-59(44-64(62)90(95)96)102(97,98)83-70(92)60-19-17-57(42-63(60)88-27-8-39-100-72-66(88)41-54-22-25-79-69(54)82-72)87-35-33-86(34-36-87)47-55-21-23-75(5,6)45-61(55)52-13-15-56(76)16-14-52/h9-20,22,25,41-42,44,49,58,65,68,77-78,91H,7-8,21,23-24,26-40,43,45-48H2,1-6H3,(H,79,82)(H,80,93)(H,83,92)/t58-,65+,68-/m1/s1. The number of ether oxygens (including phenoxy) is 2. The molecule has 3 atom stereocenters. The minimum absolute atomic E-state index is 0.0834. The number of fused-ring (bicyclic) bond motifs is 2. The van der Waals surface area contributed by atoms with Crippen LogP contribution < -0.4 is 35.2 Å². The number of amides is 3. The maximum Gasteiger partial charge on any atom is 0.293 e. The number of H-pyrrole nitrogens is 1. The number of nitrogens with one attached hydrogen (secondary N) is 5. The van der Waals surface area contributed by atoms with Gasteiger partial charge in [-0.05, 0) is 133 Å². The normalized spacial score (nSPS) is 19.0. The lowest BCUT2D eigenvalue weighted by molar-refractivity contribution is -0.384. The van der Waals surface area contributed by atoms with Gasteiger partial charge < -0.3 is 50.2 Å². The highest BCUT2D eigenvalue weighted by molar-refractivity contribution is 7.90. The molecule has 12 rings (SSSR count). The first kappa shape index (κ1) is 73.7. The number of carbonyl (C=O) groups is 3. The van der Waals surface area contributed by atoms with E-state index in [1.54, 1.807) is 23.6 Å². The predicted octanol–water partition coefficient (Wildman–Crippen LogP) is 10.1. The number of carbonyl (C=O) groups excluding carboxylic acids is 3. The zero-order valence-electron chi connectivity index (χ0n) is 59.1. The van der Waals surface area contributed by atoms with E-state index in [1.165, 1.54) is 33.7 Å². The van der Waals surface area contributed by atoms with Crippen molar-refractivity contribution >= 4 is 95.7 Å². The minimum Gasteiger partial charge on any atom is -0.476 e. The first-order chi connectivity index (χ1) is 48.9. The van der Waals surface area contributed by atoms with Crippen molar-refractivity contribution in [2.24, 2.45) is 10.8 Å². The monoisotopic (exact) mass is 1450 g/mol. The molecule has 3 amide bonds. The highest BCUT2D eigenvalue weighted by Gasteiger charge is 2.44. The maximum absolute atomic E-state index is 14.7. The van der Waals surface area contributed by atoms with E-state index >= 15 is 0 Å². The molecule has 544 valence electrons. The number of hydrogen-bond acceptors (Lipinski definition) is 20. The number of halogens is 1. The summed E-state index contributed by atoms with van der Waals surface area (Å²) in [5.74, 6) is -1.04. The van der Waals surface area contributed by atoms with Gasteiger partial charge in [-0.15, -0.1) is 11.3 Å². The van der Waals surface area contributed by atoms with Crippen LogP contribution in [0.2, 0.25) is 5.02 Å². The van der Waals surface area contributed by atoms with Gasteiger partial charge in [-0.25, -0.2) is 18.1 Å². The number of rotatable bonds is 26. The summed E-state index contributed by atoms with van der Waals surface area (Å²) in [6, 6.07) is 27.7. The summed E-state index contributed by atoms with van der Waals surface area (Å²) >= 11 is 7.90. The van der Waals surface area contributed by atoms with Gasteiger partial charge in [0, 0.05) is 140 Å². The van der Waals surface area contributed by atoms with E-state index in [4.69, 9.17) is 26.1 Å². The van der Waals surface area contributed by atoms with Crippen LogP contribution in [0.25, 0.3) is 27.0 Å². The molecule has 4 aromatic carbocycles. The Morgan fingerprint density at radius 3 is 2.34 bits per heavy atom. The number of nitro groups is 1. The molecule has 7 aromatic rings. The third-order valence-corrected chi connectivity index (χ3v) is 22.8. The summed E-state index contributed by atoms with van der Waals surface area (Å²) in [6.07, 6.45) is 5.55. The molecule has 5 aliphatic rings. The van der Waals surface area contributed by atoms with Crippen LogP contribution in [0.5, 0.6) is 5.88 Å². The number of piperazine rings is 2. The van der Waals surface area contributed by atoms with Crippen LogP contribution >= 0.6 is 22.9 Å². The van der Waals surface area contributed by atoms with Crippen molar-refractivity contribution in [2.45, 2.75) is 110 Å². The average molecular weight is 1450 g/mol. The van der Waals surface area contributed by atoms with E-state index in [2.05, 4.69) is 76.2 Å². The molecule has 1 aliphatic carbocycles. The quantitative estimate of drug-likeness (QED) is 0.0167. The minimum atomic E-state index is -4.66. The number of nitro benzene ring substituents is 1. The summed E-state index contributed by atoms with van der Waals surface area (Å²) in [5, 5.41) is 34.5. The number of allylic oxidation sites excluding steroid dienone is 1. The fourth-order valence-corrected chi connectivity index (χ4v) is 16.4. The number of aromatic amines is 1. The van der Waals surface area contributed by atoms with Gasteiger partial charge >= 0.3 is 0 Å². The molecule has 6 N–H and O–H groups in total. The van der Waals surface area contributed by atoms with Crippen LogP contribution in [0.15, 0.2) is 119 Å². The van der Waals surface area contributed by atoms with Crippen molar-refractivity contribution in [1.29, 1.82) is 0 Å². The van der Waals surface area contributed by atoms with Crippen molar-refractivity contribution < 1.29 is 42.3 Å². The maximum atomic E-state index is 14.7. The third-order valence-electron chi connectivity index (χ3n) is 20.3. The number of thiazole rings is 1. The molecule has 0 spiro atoms. The number of likely N-dealkylation sites (tertiary alicyclic amines) is 1. The first-order valence-corrected chi connectivity index (χ1v) is 38.3. The van der Waals surface area contributed by atoms with E-state index < -0.39 is 55.0 Å². The number of sulfonamides is 1. The van der Waals surface area contributed by atoms with Gasteiger partial charge in [-0.3, -0.25) is 39.2 Å². The van der Waals surface area contributed by atoms with Crippen LogP contribution in [-0.4, -0.2) is 207 Å². The van der Waals surface area contributed by atoms with E-state index in [-0.39, 0.29) is 41.4 Å². The van der Waals surface area contributed by atoms with Crippen molar-refractivity contribution in [3.63, 3.8) is 0 Å². The molecule has 0 radical (unpaired) electrons. The van der Waals surface area contributed by atoms with E-state index in [0.717, 1.165) is 129 Å². The van der Waals surface area contributed by atoms with Crippen LogP contribution in [0.4, 0.5) is 28.4 Å². The number of aliphatic hydroxyl groups excluding tert-OH is 1. The van der Waals surface area contributed by atoms with Gasteiger partial charge in [-0.2, -0.15) is 4.98 Å². The van der Waals surface area contributed by atoms with Crippen LogP contribution in [0.3, 0.4) is 0 Å². The molecule has 102 heavy (non-hydrogen) atoms. The highest BCUT2D eigenvalue weighted by atomic mass is 35.5. The molecule has 3 saturated heterocycles. The Morgan fingerprint density at radius 2 is 1.62 bits per heavy atom. The number of β-amino-alcohol motifs (C(OH)–C–C–N with tert-alkyl or cyclic N) is 1. The topological polar surface area (TPSA) is 276 Å². The second kappa shape index (κ2) is 32.3. The Labute approximate surface area is 606 Å². The van der Waals surface area contributed by atoms with Gasteiger partial charge in [0.05, 0.1) is 62.5 Å². The Bertz CT molecular complexity index is 4280. The van der Waals surface area contributed by atoms with Crippen molar-refractivity contribution in [1.82, 2.24) is 49.9 Å². The molecule has 27 heteroatoms. The Kier molecular flexibility index (Phi) is 23.3. The Morgan fingerprint density at radius 1 is 0.882 bits per heavy atom. The van der Waals surface area contributed by atoms with Gasteiger partial charge in [0.15, 0.2) is 0 Å². The second-order valence-electron chi connectivity index (χ2n) is 29.3. The molecule has 3 aromatic heterocycles. The summed E-state index contributed by atoms with van der Waals surface area (Å²) in [6.45, 7) is 24.1. The molecule has 0 unspecified atom stereocenters. The average Bonchev–Trinajstić information content (AvgIpc) is 0.960. The van der Waals surface area contributed by atoms with E-state index in [9.17, 15) is 38.0 Å². The number of benzene rings is 4. The van der Waals surface area contributed by atoms with Crippen molar-refractivity contribution in [3.8, 4) is 16.3 Å². The largest absolute Gasteiger partial charge is 0.476 e. The lowest BCUT2D eigenvalue weighted by Crippen LogP contribution is -2.56. The van der Waals surface area contributed by atoms with Crippen LogP contribution in [0.1, 0.15) is 100 Å². The zero-order chi connectivity index (χ0) is 71.9. The molecule has 0 bridgehead atoms. The number of anilines is 4. The zero-order valence-corrected chi connectivity index (χ0v) is 61.5. The Hall–Kier alpha value is -8.05. The molecular weight excluding hydrogens is 1360 g/mol. The SMILES string of the molecule is Cc1ncsc1-c1ccc(CNC(=O)[C@@H]2C[C@@H](O)CN2C(=O)[C@@H](NCCCOCCN2CCN(CCNc3ccc(S(=O)(=O)NC(=O)c4ccc(N5CCN(CC6=C(c7ccc(Cl)cc7)CC(C)(C)CC6)CC5)cc4N4CCCOc5nc6[nH]ccc6cc54)cc3[N+](=O)[O-])CC2)C(C)(C)C)cc1. The fraction of sp³-hybridized carbons (Fsp3) is 0.480. The molecule has 0 saturated carbocycles. The summed E-state index contributed by atoms with van der Waals surface area (Å²) < 4.78 is 43.1. The number of aliphatic hydroxyl groups is 1. The number of aryl methyl sites for hydroxylation is 1. The van der Waals surface area contributed by atoms with Gasteiger partial charge in [-0.1, -0.05) is 88.2 Å². The molecule has 4 aliphatic heterocycles. The van der Waals surface area contributed by atoms with E-state index in [1.807, 2.05) is 98.8 Å².